The maximum atomic E-state index is 13.9. The molecule has 0 aromatic heterocycles. The zero-order valence-corrected chi connectivity index (χ0v) is 29.0. The summed E-state index contributed by atoms with van der Waals surface area (Å²) in [6.07, 6.45) is 11.2. The molecule has 0 saturated heterocycles. The third kappa shape index (κ3) is 11.7. The van der Waals surface area contributed by atoms with Crippen molar-refractivity contribution < 1.29 is 28.2 Å². The van der Waals surface area contributed by atoms with Crippen LogP contribution < -0.4 is 10.6 Å². The molecule has 4 N–H and O–H groups in total. The van der Waals surface area contributed by atoms with Gasteiger partial charge in [0.25, 0.3) is 0 Å². The van der Waals surface area contributed by atoms with Gasteiger partial charge in [-0.1, -0.05) is 101 Å². The topological polar surface area (TPSA) is 133 Å². The van der Waals surface area contributed by atoms with Crippen molar-refractivity contribution in [3.63, 3.8) is 0 Å². The number of rotatable bonds is 16. The SMILES string of the molecule is CCCC[C@H](NC(=O)[C@H](Cc1ccccc1)CS(=O)(=O)C(C)(C)C)C(=O)N[C@H](CC1CCCCC1)[C@H](O)[C@H](O)C1CCCCC1. The molecular weight excluding hydrogens is 588 g/mol. The highest BCUT2D eigenvalue weighted by Crippen LogP contribution is 2.32. The fourth-order valence-electron chi connectivity index (χ4n) is 6.95. The van der Waals surface area contributed by atoms with Crippen LogP contribution in [0.1, 0.15) is 123 Å². The molecule has 256 valence electrons. The molecule has 2 aliphatic rings. The van der Waals surface area contributed by atoms with Gasteiger partial charge in [0.05, 0.1) is 28.6 Å². The fourth-order valence-corrected chi connectivity index (χ4v) is 8.25. The first-order valence-electron chi connectivity index (χ1n) is 17.6. The van der Waals surface area contributed by atoms with E-state index in [0.717, 1.165) is 69.8 Å². The van der Waals surface area contributed by atoms with E-state index in [4.69, 9.17) is 0 Å². The van der Waals surface area contributed by atoms with E-state index in [9.17, 15) is 28.2 Å². The van der Waals surface area contributed by atoms with Crippen LogP contribution in [0.5, 0.6) is 0 Å². The van der Waals surface area contributed by atoms with Crippen LogP contribution in [0.4, 0.5) is 0 Å². The van der Waals surface area contributed by atoms with Gasteiger partial charge in [0.15, 0.2) is 9.84 Å². The first-order valence-corrected chi connectivity index (χ1v) is 19.2. The summed E-state index contributed by atoms with van der Waals surface area (Å²) >= 11 is 0. The number of hydrogen-bond donors (Lipinski definition) is 4. The van der Waals surface area contributed by atoms with Gasteiger partial charge in [0.2, 0.25) is 11.8 Å². The number of sulfone groups is 1. The molecule has 0 heterocycles. The highest BCUT2D eigenvalue weighted by molar-refractivity contribution is 7.92. The number of aliphatic hydroxyl groups excluding tert-OH is 2. The van der Waals surface area contributed by atoms with Gasteiger partial charge in [-0.25, -0.2) is 8.42 Å². The number of aliphatic hydroxyl groups is 2. The van der Waals surface area contributed by atoms with Crippen molar-refractivity contribution in [1.82, 2.24) is 10.6 Å². The minimum Gasteiger partial charge on any atom is -0.390 e. The zero-order chi connectivity index (χ0) is 33.0. The second-order valence-electron chi connectivity index (χ2n) is 14.7. The average molecular weight is 649 g/mol. The summed E-state index contributed by atoms with van der Waals surface area (Å²) in [5.41, 5.74) is 0.851. The molecule has 1 aromatic carbocycles. The van der Waals surface area contributed by atoms with Crippen molar-refractivity contribution in [2.45, 2.75) is 153 Å². The summed E-state index contributed by atoms with van der Waals surface area (Å²) in [7, 11) is -3.62. The lowest BCUT2D eigenvalue weighted by molar-refractivity contribution is -0.132. The lowest BCUT2D eigenvalue weighted by atomic mass is 9.78. The number of benzene rings is 1. The third-order valence-electron chi connectivity index (χ3n) is 10.1. The van der Waals surface area contributed by atoms with E-state index >= 15 is 0 Å². The lowest BCUT2D eigenvalue weighted by Gasteiger charge is -2.36. The Hall–Kier alpha value is -1.97. The Morgan fingerprint density at radius 2 is 1.49 bits per heavy atom. The molecule has 0 aliphatic heterocycles. The Balaban J connectivity index is 1.81. The predicted octanol–water partition coefficient (Wildman–Crippen LogP) is 5.49. The minimum absolute atomic E-state index is 0.0126. The molecule has 0 radical (unpaired) electrons. The van der Waals surface area contributed by atoms with Crippen LogP contribution in [0.25, 0.3) is 0 Å². The van der Waals surface area contributed by atoms with Crippen LogP contribution in [0, 0.1) is 17.8 Å². The van der Waals surface area contributed by atoms with E-state index in [2.05, 4.69) is 10.6 Å². The van der Waals surface area contributed by atoms with E-state index in [-0.39, 0.29) is 24.0 Å². The maximum absolute atomic E-state index is 13.9. The van der Waals surface area contributed by atoms with E-state index in [0.29, 0.717) is 25.2 Å². The van der Waals surface area contributed by atoms with Gasteiger partial charge in [-0.2, -0.15) is 0 Å². The Labute approximate surface area is 272 Å². The highest BCUT2D eigenvalue weighted by Gasteiger charge is 2.38. The number of carbonyl (C=O) groups excluding carboxylic acids is 2. The summed E-state index contributed by atoms with van der Waals surface area (Å²) in [6.45, 7) is 6.92. The third-order valence-corrected chi connectivity index (χ3v) is 12.8. The van der Waals surface area contributed by atoms with Crippen molar-refractivity contribution in [3.8, 4) is 0 Å². The minimum atomic E-state index is -3.62. The molecule has 45 heavy (non-hydrogen) atoms. The molecule has 2 amide bonds. The standard InChI is InChI=1S/C36H60N2O6S/c1-5-6-22-30(37-34(41)29(23-26-16-10-7-11-17-26)25-45(43,44)36(2,3)4)35(42)38-31(24-27-18-12-8-13-19-27)33(40)32(39)28-20-14-9-15-21-28/h7,10-11,16-17,27-33,39-40H,5-6,8-9,12-15,18-25H2,1-4H3,(H,37,41)(H,38,42)/t29-,30+,31-,32-,33+/m1/s1. The number of unbranched alkanes of at least 4 members (excludes halogenated alkanes) is 1. The Morgan fingerprint density at radius 1 is 0.889 bits per heavy atom. The number of carbonyl (C=O) groups is 2. The van der Waals surface area contributed by atoms with Crippen molar-refractivity contribution >= 4 is 21.7 Å². The molecule has 0 spiro atoms. The Morgan fingerprint density at radius 3 is 2.07 bits per heavy atom. The van der Waals surface area contributed by atoms with Crippen LogP contribution in [0.15, 0.2) is 30.3 Å². The highest BCUT2D eigenvalue weighted by atomic mass is 32.2. The van der Waals surface area contributed by atoms with Crippen LogP contribution in [0.3, 0.4) is 0 Å². The summed E-state index contributed by atoms with van der Waals surface area (Å²) in [5.74, 6) is -1.67. The van der Waals surface area contributed by atoms with E-state index in [1.165, 1.54) is 6.42 Å². The lowest BCUT2D eigenvalue weighted by Crippen LogP contribution is -2.57. The molecule has 3 rings (SSSR count). The fraction of sp³-hybridized carbons (Fsp3) is 0.778. The molecule has 0 bridgehead atoms. The number of nitrogens with one attached hydrogen (secondary N) is 2. The molecule has 8 nitrogen and oxygen atoms in total. The van der Waals surface area contributed by atoms with Gasteiger partial charge in [-0.3, -0.25) is 9.59 Å². The van der Waals surface area contributed by atoms with E-state index in [1.807, 2.05) is 37.3 Å². The van der Waals surface area contributed by atoms with Crippen molar-refractivity contribution in [3.05, 3.63) is 35.9 Å². The molecule has 9 heteroatoms. The molecule has 2 aliphatic carbocycles. The quantitative estimate of drug-likeness (QED) is 0.187. The first-order chi connectivity index (χ1) is 21.3. The maximum Gasteiger partial charge on any atom is 0.242 e. The monoisotopic (exact) mass is 648 g/mol. The molecular formula is C36H60N2O6S. The van der Waals surface area contributed by atoms with Gasteiger partial charge < -0.3 is 20.8 Å². The number of hydrogen-bond acceptors (Lipinski definition) is 6. The van der Waals surface area contributed by atoms with Gasteiger partial charge >= 0.3 is 0 Å². The summed E-state index contributed by atoms with van der Waals surface area (Å²) < 4.78 is 25.5. The normalized spacial score (nSPS) is 20.5. The first kappa shape index (κ1) is 37.5. The smallest absolute Gasteiger partial charge is 0.242 e. The second kappa shape index (κ2) is 17.8. The van der Waals surface area contributed by atoms with Gasteiger partial charge in [0.1, 0.15) is 12.1 Å². The molecule has 5 atom stereocenters. The molecule has 2 fully saturated rings. The zero-order valence-electron chi connectivity index (χ0n) is 28.2. The molecule has 1 aromatic rings. The summed E-state index contributed by atoms with van der Waals surface area (Å²) in [4.78, 5) is 27.8. The van der Waals surface area contributed by atoms with Crippen LogP contribution >= 0.6 is 0 Å². The molecule has 2 saturated carbocycles. The van der Waals surface area contributed by atoms with Crippen LogP contribution in [-0.2, 0) is 25.8 Å². The predicted molar refractivity (Wildman–Crippen MR) is 180 cm³/mol. The van der Waals surface area contributed by atoms with Gasteiger partial charge in [-0.15, -0.1) is 0 Å². The van der Waals surface area contributed by atoms with E-state index in [1.54, 1.807) is 20.8 Å². The van der Waals surface area contributed by atoms with Gasteiger partial charge in [0, 0.05) is 0 Å². The Kier molecular flexibility index (Phi) is 14.8. The van der Waals surface area contributed by atoms with E-state index < -0.39 is 50.7 Å². The van der Waals surface area contributed by atoms with Gasteiger partial charge in [-0.05, 0) is 70.3 Å². The van der Waals surface area contributed by atoms with Crippen LogP contribution in [-0.4, -0.2) is 65.2 Å². The Bertz CT molecular complexity index is 1140. The molecule has 0 unspecified atom stereocenters. The van der Waals surface area contributed by atoms with Crippen molar-refractivity contribution in [1.29, 1.82) is 0 Å². The summed E-state index contributed by atoms with van der Waals surface area (Å²) in [5, 5.41) is 28.7. The summed E-state index contributed by atoms with van der Waals surface area (Å²) in [6, 6.07) is 7.85. The van der Waals surface area contributed by atoms with Crippen molar-refractivity contribution in [2.24, 2.45) is 17.8 Å². The van der Waals surface area contributed by atoms with Crippen molar-refractivity contribution in [2.75, 3.05) is 5.75 Å². The number of amides is 2. The van der Waals surface area contributed by atoms with Crippen LogP contribution in [0.2, 0.25) is 0 Å². The second-order valence-corrected chi connectivity index (χ2v) is 17.5. The average Bonchev–Trinajstić information content (AvgIpc) is 3.02. The largest absolute Gasteiger partial charge is 0.390 e.